The zero-order chi connectivity index (χ0) is 13.1. The van der Waals surface area contributed by atoms with Crippen LogP contribution in [-0.2, 0) is 6.54 Å². The molecule has 19 heavy (non-hydrogen) atoms. The van der Waals surface area contributed by atoms with E-state index in [1.807, 2.05) is 42.6 Å². The van der Waals surface area contributed by atoms with Gasteiger partial charge in [0.2, 0.25) is 0 Å². The SMILES string of the molecule is Clc1ccc2c(NCc3cccnc3)ccnc2c1. The average Bonchev–Trinajstić information content (AvgIpc) is 2.45. The van der Waals surface area contributed by atoms with Crippen molar-refractivity contribution in [2.75, 3.05) is 5.32 Å². The van der Waals surface area contributed by atoms with Crippen molar-refractivity contribution in [3.05, 3.63) is 65.6 Å². The van der Waals surface area contributed by atoms with E-state index in [1.165, 1.54) is 0 Å². The zero-order valence-electron chi connectivity index (χ0n) is 10.2. The van der Waals surface area contributed by atoms with Gasteiger partial charge < -0.3 is 5.32 Å². The summed E-state index contributed by atoms with van der Waals surface area (Å²) in [5.41, 5.74) is 3.08. The smallest absolute Gasteiger partial charge is 0.0737 e. The molecular formula is C15H12ClN3. The van der Waals surface area contributed by atoms with Crippen molar-refractivity contribution < 1.29 is 0 Å². The summed E-state index contributed by atoms with van der Waals surface area (Å²) in [5.74, 6) is 0. The van der Waals surface area contributed by atoms with Crippen molar-refractivity contribution in [1.29, 1.82) is 0 Å². The number of fused-ring (bicyclic) bond motifs is 1. The van der Waals surface area contributed by atoms with Gasteiger partial charge in [0.25, 0.3) is 0 Å². The Labute approximate surface area is 116 Å². The fraction of sp³-hybridized carbons (Fsp3) is 0.0667. The highest BCUT2D eigenvalue weighted by Crippen LogP contribution is 2.24. The Bertz CT molecular complexity index is 698. The van der Waals surface area contributed by atoms with E-state index in [4.69, 9.17) is 11.6 Å². The number of benzene rings is 1. The number of nitrogens with zero attached hydrogens (tertiary/aromatic N) is 2. The van der Waals surface area contributed by atoms with Crippen LogP contribution in [0.5, 0.6) is 0 Å². The molecule has 1 aromatic carbocycles. The molecule has 4 heteroatoms. The first-order valence-corrected chi connectivity index (χ1v) is 6.38. The Morgan fingerprint density at radius 3 is 2.89 bits per heavy atom. The maximum Gasteiger partial charge on any atom is 0.0737 e. The van der Waals surface area contributed by atoms with Crippen LogP contribution < -0.4 is 5.32 Å². The van der Waals surface area contributed by atoms with Crippen LogP contribution in [0, 0.1) is 0 Å². The van der Waals surface area contributed by atoms with E-state index in [2.05, 4.69) is 15.3 Å². The van der Waals surface area contributed by atoms with Gasteiger partial charge in [-0.15, -0.1) is 0 Å². The summed E-state index contributed by atoms with van der Waals surface area (Å²) in [6, 6.07) is 11.7. The molecule has 1 N–H and O–H groups in total. The summed E-state index contributed by atoms with van der Waals surface area (Å²) in [6.45, 7) is 0.732. The van der Waals surface area contributed by atoms with Crippen LogP contribution in [0.25, 0.3) is 10.9 Å². The molecule has 0 saturated heterocycles. The number of nitrogens with one attached hydrogen (secondary N) is 1. The number of halogens is 1. The van der Waals surface area contributed by atoms with Gasteiger partial charge in [0, 0.05) is 41.2 Å². The lowest BCUT2D eigenvalue weighted by Crippen LogP contribution is -2.00. The first-order chi connectivity index (χ1) is 9.33. The number of hydrogen-bond acceptors (Lipinski definition) is 3. The number of pyridine rings is 2. The summed E-state index contributed by atoms with van der Waals surface area (Å²) in [6.07, 6.45) is 5.41. The third-order valence-corrected chi connectivity index (χ3v) is 3.15. The van der Waals surface area contributed by atoms with Crippen LogP contribution in [-0.4, -0.2) is 9.97 Å². The number of rotatable bonds is 3. The van der Waals surface area contributed by atoms with Gasteiger partial charge in [0.05, 0.1) is 5.52 Å². The number of anilines is 1. The minimum atomic E-state index is 0.699. The quantitative estimate of drug-likeness (QED) is 0.784. The Hall–Kier alpha value is -2.13. The van der Waals surface area contributed by atoms with E-state index >= 15 is 0 Å². The van der Waals surface area contributed by atoms with E-state index in [9.17, 15) is 0 Å². The molecule has 3 rings (SSSR count). The van der Waals surface area contributed by atoms with Gasteiger partial charge in [-0.2, -0.15) is 0 Å². The molecule has 2 heterocycles. The van der Waals surface area contributed by atoms with Crippen molar-refractivity contribution >= 4 is 28.2 Å². The van der Waals surface area contributed by atoms with Gasteiger partial charge in [-0.25, -0.2) is 0 Å². The molecule has 0 aliphatic carbocycles. The van der Waals surface area contributed by atoms with E-state index in [1.54, 1.807) is 12.4 Å². The highest BCUT2D eigenvalue weighted by molar-refractivity contribution is 6.31. The van der Waals surface area contributed by atoms with Crippen LogP contribution in [0.3, 0.4) is 0 Å². The maximum atomic E-state index is 5.98. The summed E-state index contributed by atoms with van der Waals surface area (Å²) in [4.78, 5) is 8.42. The second-order valence-corrected chi connectivity index (χ2v) is 4.67. The molecule has 3 nitrogen and oxygen atoms in total. The van der Waals surface area contributed by atoms with E-state index < -0.39 is 0 Å². The van der Waals surface area contributed by atoms with Crippen molar-refractivity contribution in [2.45, 2.75) is 6.54 Å². The monoisotopic (exact) mass is 269 g/mol. The molecule has 94 valence electrons. The first-order valence-electron chi connectivity index (χ1n) is 6.00. The molecular weight excluding hydrogens is 258 g/mol. The molecule has 2 aromatic heterocycles. The predicted molar refractivity (Wildman–Crippen MR) is 78.3 cm³/mol. The summed E-state index contributed by atoms with van der Waals surface area (Å²) in [5, 5.41) is 5.16. The van der Waals surface area contributed by atoms with Crippen LogP contribution in [0.15, 0.2) is 55.0 Å². The van der Waals surface area contributed by atoms with Gasteiger partial charge in [-0.05, 0) is 35.9 Å². The Kier molecular flexibility index (Phi) is 3.29. The molecule has 0 spiro atoms. The zero-order valence-corrected chi connectivity index (χ0v) is 10.9. The second kappa shape index (κ2) is 5.24. The van der Waals surface area contributed by atoms with E-state index in [0.29, 0.717) is 5.02 Å². The Morgan fingerprint density at radius 1 is 1.11 bits per heavy atom. The summed E-state index contributed by atoms with van der Waals surface area (Å²) < 4.78 is 0. The third kappa shape index (κ3) is 2.66. The minimum Gasteiger partial charge on any atom is -0.380 e. The number of hydrogen-bond donors (Lipinski definition) is 1. The molecule has 0 atom stereocenters. The molecule has 0 saturated carbocycles. The minimum absolute atomic E-state index is 0.699. The fourth-order valence-corrected chi connectivity index (χ4v) is 2.14. The lowest BCUT2D eigenvalue weighted by atomic mass is 10.2. The van der Waals surface area contributed by atoms with Crippen LogP contribution >= 0.6 is 11.6 Å². The fourth-order valence-electron chi connectivity index (χ4n) is 1.98. The molecule has 0 fully saturated rings. The van der Waals surface area contributed by atoms with Crippen molar-refractivity contribution in [2.24, 2.45) is 0 Å². The Morgan fingerprint density at radius 2 is 2.05 bits per heavy atom. The molecule has 0 amide bonds. The van der Waals surface area contributed by atoms with Crippen molar-refractivity contribution in [3.63, 3.8) is 0 Å². The average molecular weight is 270 g/mol. The van der Waals surface area contributed by atoms with Gasteiger partial charge >= 0.3 is 0 Å². The molecule has 0 aliphatic heterocycles. The van der Waals surface area contributed by atoms with Gasteiger partial charge in [-0.1, -0.05) is 17.7 Å². The lowest BCUT2D eigenvalue weighted by molar-refractivity contribution is 1.11. The lowest BCUT2D eigenvalue weighted by Gasteiger charge is -2.09. The second-order valence-electron chi connectivity index (χ2n) is 4.23. The van der Waals surface area contributed by atoms with Gasteiger partial charge in [-0.3, -0.25) is 9.97 Å². The van der Waals surface area contributed by atoms with Crippen LogP contribution in [0.4, 0.5) is 5.69 Å². The van der Waals surface area contributed by atoms with E-state index in [-0.39, 0.29) is 0 Å². The summed E-state index contributed by atoms with van der Waals surface area (Å²) in [7, 11) is 0. The molecule has 0 aliphatic rings. The predicted octanol–water partition coefficient (Wildman–Crippen LogP) is 3.90. The largest absolute Gasteiger partial charge is 0.380 e. The molecule has 0 bridgehead atoms. The normalized spacial score (nSPS) is 10.6. The maximum absolute atomic E-state index is 5.98. The van der Waals surface area contributed by atoms with Gasteiger partial charge in [0.15, 0.2) is 0 Å². The Balaban J connectivity index is 1.89. The molecule has 0 unspecified atom stereocenters. The first kappa shape index (κ1) is 11.9. The standard InChI is InChI=1S/C15H12ClN3/c16-12-3-4-13-14(5-7-18-15(13)8-12)19-10-11-2-1-6-17-9-11/h1-9H,10H2,(H,18,19). The van der Waals surface area contributed by atoms with E-state index in [0.717, 1.165) is 28.7 Å². The number of aromatic nitrogens is 2. The summed E-state index contributed by atoms with van der Waals surface area (Å²) >= 11 is 5.98. The third-order valence-electron chi connectivity index (χ3n) is 2.91. The molecule has 3 aromatic rings. The topological polar surface area (TPSA) is 37.8 Å². The van der Waals surface area contributed by atoms with Gasteiger partial charge in [0.1, 0.15) is 0 Å². The van der Waals surface area contributed by atoms with Crippen LogP contribution in [0.1, 0.15) is 5.56 Å². The van der Waals surface area contributed by atoms with Crippen LogP contribution in [0.2, 0.25) is 5.02 Å². The molecule has 0 radical (unpaired) electrons. The highest BCUT2D eigenvalue weighted by atomic mass is 35.5. The van der Waals surface area contributed by atoms with Crippen molar-refractivity contribution in [1.82, 2.24) is 9.97 Å². The van der Waals surface area contributed by atoms with Crippen molar-refractivity contribution in [3.8, 4) is 0 Å². The highest BCUT2D eigenvalue weighted by Gasteiger charge is 2.02.